The van der Waals surface area contributed by atoms with Gasteiger partial charge in [0.05, 0.1) is 30.0 Å². The van der Waals surface area contributed by atoms with Crippen molar-refractivity contribution in [1.29, 1.82) is 0 Å². The van der Waals surface area contributed by atoms with E-state index in [-0.39, 0.29) is 12.3 Å². The minimum Gasteiger partial charge on any atom is -0.387 e. The summed E-state index contributed by atoms with van der Waals surface area (Å²) >= 11 is 0. The van der Waals surface area contributed by atoms with Crippen LogP contribution in [-0.2, 0) is 13.0 Å². The number of rotatable bonds is 3. The fourth-order valence-electron chi connectivity index (χ4n) is 4.34. The second-order valence-corrected chi connectivity index (χ2v) is 8.63. The molecule has 2 unspecified atom stereocenters. The van der Waals surface area contributed by atoms with Crippen molar-refractivity contribution >= 4 is 17.7 Å². The lowest BCUT2D eigenvalue weighted by Gasteiger charge is -2.29. The fourth-order valence-corrected chi connectivity index (χ4v) is 4.34. The summed E-state index contributed by atoms with van der Waals surface area (Å²) in [7, 11) is 0. The van der Waals surface area contributed by atoms with Gasteiger partial charge in [0.15, 0.2) is 5.82 Å². The Kier molecular flexibility index (Phi) is 5.27. The van der Waals surface area contributed by atoms with Gasteiger partial charge in [0.1, 0.15) is 5.69 Å². The average Bonchev–Trinajstić information content (AvgIpc) is 3.24. The van der Waals surface area contributed by atoms with Crippen LogP contribution in [0.5, 0.6) is 0 Å². The molecule has 34 heavy (non-hydrogen) atoms. The molecule has 5 rings (SSSR count). The summed E-state index contributed by atoms with van der Waals surface area (Å²) in [6.45, 7) is 4.43. The highest BCUT2D eigenvalue weighted by atomic mass is 19.4. The number of carbonyl (C=O) groups is 1. The van der Waals surface area contributed by atoms with Gasteiger partial charge in [-0.3, -0.25) is 9.48 Å². The number of aliphatic hydroxyl groups excluding tert-OH is 1. The lowest BCUT2D eigenvalue weighted by molar-refractivity contribution is -0.160. The maximum atomic E-state index is 13.1. The fraction of sp³-hybridized carbons (Fsp3) is 0.333. The molecular weight excluding hydrogens is 447 g/mol. The highest BCUT2D eigenvalue weighted by molar-refractivity contribution is 6.06. The van der Waals surface area contributed by atoms with E-state index in [9.17, 15) is 23.1 Å². The molecule has 1 aliphatic heterocycles. The topological polar surface area (TPSA) is 84.1 Å². The number of amides is 1. The van der Waals surface area contributed by atoms with Gasteiger partial charge in [-0.2, -0.15) is 18.3 Å². The van der Waals surface area contributed by atoms with Crippen molar-refractivity contribution in [3.63, 3.8) is 0 Å². The van der Waals surface area contributed by atoms with Gasteiger partial charge in [0.2, 0.25) is 0 Å². The molecule has 7 nitrogen and oxygen atoms in total. The second-order valence-electron chi connectivity index (χ2n) is 8.63. The molecule has 2 atom stereocenters. The molecule has 0 saturated heterocycles. The Morgan fingerprint density at radius 3 is 2.71 bits per heavy atom. The van der Waals surface area contributed by atoms with Crippen LogP contribution in [0.4, 0.5) is 18.9 Å². The maximum Gasteiger partial charge on any atom is 0.395 e. The van der Waals surface area contributed by atoms with Crippen molar-refractivity contribution in [3.05, 3.63) is 64.7 Å². The van der Waals surface area contributed by atoms with E-state index in [1.807, 2.05) is 19.1 Å². The number of fused-ring (bicyclic) bond motifs is 2. The van der Waals surface area contributed by atoms with Crippen LogP contribution in [0, 0.1) is 12.8 Å². The Labute approximate surface area is 193 Å². The largest absolute Gasteiger partial charge is 0.395 e. The predicted molar refractivity (Wildman–Crippen MR) is 119 cm³/mol. The quantitative estimate of drug-likeness (QED) is 0.624. The number of carbonyl (C=O) groups excluding carboxylic acids is 1. The van der Waals surface area contributed by atoms with Gasteiger partial charge < -0.3 is 10.0 Å². The Hall–Kier alpha value is -3.53. The van der Waals surface area contributed by atoms with Crippen LogP contribution in [0.25, 0.3) is 17.5 Å². The molecule has 0 spiro atoms. The molecule has 2 aromatic heterocycles. The zero-order valence-electron chi connectivity index (χ0n) is 18.5. The van der Waals surface area contributed by atoms with E-state index in [1.54, 1.807) is 28.6 Å². The summed E-state index contributed by atoms with van der Waals surface area (Å²) in [5.41, 5.74) is 4.12. The van der Waals surface area contributed by atoms with Crippen LogP contribution in [0.2, 0.25) is 0 Å². The number of aryl methyl sites for hydroxylation is 1. The summed E-state index contributed by atoms with van der Waals surface area (Å²) in [6, 6.07) is 7.10. The Morgan fingerprint density at radius 1 is 1.21 bits per heavy atom. The van der Waals surface area contributed by atoms with Crippen LogP contribution >= 0.6 is 0 Å². The predicted octanol–water partition coefficient (Wildman–Crippen LogP) is 4.11. The molecule has 0 fully saturated rings. The van der Waals surface area contributed by atoms with Gasteiger partial charge in [-0.1, -0.05) is 6.08 Å². The number of anilines is 1. The van der Waals surface area contributed by atoms with E-state index < -0.39 is 18.2 Å². The second kappa shape index (κ2) is 8.05. The maximum absolute atomic E-state index is 13.1. The van der Waals surface area contributed by atoms with Crippen molar-refractivity contribution in [3.8, 4) is 11.4 Å². The zero-order chi connectivity index (χ0) is 24.2. The molecule has 1 N–H and O–H groups in total. The summed E-state index contributed by atoms with van der Waals surface area (Å²) in [5.74, 6) is -1.31. The third-order valence-electron chi connectivity index (χ3n) is 6.22. The van der Waals surface area contributed by atoms with Gasteiger partial charge >= 0.3 is 6.18 Å². The Morgan fingerprint density at radius 2 is 2.00 bits per heavy atom. The number of hydrogen-bond acceptors (Lipinski definition) is 5. The van der Waals surface area contributed by atoms with Gasteiger partial charge in [0, 0.05) is 24.0 Å². The van der Waals surface area contributed by atoms with Crippen molar-refractivity contribution in [2.24, 2.45) is 5.92 Å². The number of aromatic nitrogens is 4. The SMILES string of the molecule is Cc1cc(-c2ncc3c(n2)C=CC(C(F)(F)F)C3)ccc1N1CCn2nc(C(C)O)cc2C1=O. The summed E-state index contributed by atoms with van der Waals surface area (Å²) in [4.78, 5) is 23.5. The van der Waals surface area contributed by atoms with Crippen LogP contribution in [0.1, 0.15) is 46.0 Å². The van der Waals surface area contributed by atoms with Gasteiger partial charge in [-0.05, 0) is 61.7 Å². The molecule has 10 heteroatoms. The molecule has 1 aliphatic carbocycles. The van der Waals surface area contributed by atoms with Crippen molar-refractivity contribution in [2.75, 3.05) is 11.4 Å². The number of nitrogens with zero attached hydrogens (tertiary/aromatic N) is 5. The van der Waals surface area contributed by atoms with Gasteiger partial charge in [0.25, 0.3) is 5.91 Å². The van der Waals surface area contributed by atoms with Crippen molar-refractivity contribution < 1.29 is 23.1 Å². The highest BCUT2D eigenvalue weighted by Crippen LogP contribution is 2.35. The standard InChI is InChI=1S/C24H22F3N5O2/c1-13-9-15(22-28-12-16-10-17(24(25,26)27)4-5-18(16)29-22)3-6-20(13)31-7-8-32-21(23(31)34)11-19(30-32)14(2)33/h3-6,9,11-12,14,17,33H,7-8,10H2,1-2H3. The molecule has 2 aliphatic rings. The highest BCUT2D eigenvalue weighted by Gasteiger charge is 2.39. The molecule has 1 amide bonds. The van der Waals surface area contributed by atoms with Crippen LogP contribution < -0.4 is 4.90 Å². The van der Waals surface area contributed by atoms with E-state index in [2.05, 4.69) is 15.1 Å². The summed E-state index contributed by atoms with van der Waals surface area (Å²) in [5, 5.41) is 14.1. The summed E-state index contributed by atoms with van der Waals surface area (Å²) < 4.78 is 40.7. The molecule has 0 bridgehead atoms. The normalized spacial score (nSPS) is 18.6. The molecule has 1 aromatic carbocycles. The number of hydrogen-bond donors (Lipinski definition) is 1. The minimum atomic E-state index is -4.29. The van der Waals surface area contributed by atoms with Gasteiger partial charge in [-0.15, -0.1) is 0 Å². The average molecular weight is 469 g/mol. The van der Waals surface area contributed by atoms with Crippen LogP contribution in [-0.4, -0.2) is 43.5 Å². The Balaban J connectivity index is 1.40. The molecule has 3 heterocycles. The zero-order valence-corrected chi connectivity index (χ0v) is 18.5. The first-order chi connectivity index (χ1) is 16.1. The lowest BCUT2D eigenvalue weighted by atomic mass is 9.93. The molecule has 176 valence electrons. The van der Waals surface area contributed by atoms with E-state index in [1.165, 1.54) is 12.3 Å². The van der Waals surface area contributed by atoms with Crippen LogP contribution in [0.15, 0.2) is 36.5 Å². The number of alkyl halides is 3. The first-order valence-electron chi connectivity index (χ1n) is 10.9. The van der Waals surface area contributed by atoms with Gasteiger partial charge in [-0.25, -0.2) is 9.97 Å². The third-order valence-corrected chi connectivity index (χ3v) is 6.22. The molecule has 0 radical (unpaired) electrons. The first-order valence-corrected chi connectivity index (χ1v) is 10.9. The molecule has 0 saturated carbocycles. The number of halogens is 3. The third kappa shape index (κ3) is 3.87. The van der Waals surface area contributed by atoms with Crippen LogP contribution in [0.3, 0.4) is 0 Å². The van der Waals surface area contributed by atoms with E-state index >= 15 is 0 Å². The lowest BCUT2D eigenvalue weighted by Crippen LogP contribution is -2.40. The summed E-state index contributed by atoms with van der Waals surface area (Å²) in [6.07, 6.45) is -1.22. The van der Waals surface area contributed by atoms with Crippen molar-refractivity contribution in [2.45, 2.75) is 39.1 Å². The Bertz CT molecular complexity index is 1310. The van der Waals surface area contributed by atoms with Crippen molar-refractivity contribution in [1.82, 2.24) is 19.7 Å². The monoisotopic (exact) mass is 469 g/mol. The number of allylic oxidation sites excluding steroid dienone is 1. The smallest absolute Gasteiger partial charge is 0.387 e. The van der Waals surface area contributed by atoms with E-state index in [0.717, 1.165) is 17.3 Å². The molecular formula is C24H22F3N5O2. The number of benzene rings is 1. The van der Waals surface area contributed by atoms with E-state index in [0.29, 0.717) is 47.1 Å². The molecule has 3 aromatic rings. The first kappa shape index (κ1) is 22.3. The minimum absolute atomic E-state index is 0.169. The van der Waals surface area contributed by atoms with E-state index in [4.69, 9.17) is 0 Å². The number of aliphatic hydroxyl groups is 1.